The van der Waals surface area contributed by atoms with E-state index in [1.807, 2.05) is 0 Å². The second-order valence-corrected chi connectivity index (χ2v) is 4.69. The number of nitrogens with zero attached hydrogens (tertiary/aromatic N) is 1. The summed E-state index contributed by atoms with van der Waals surface area (Å²) in [4.78, 5) is 0. The van der Waals surface area contributed by atoms with Crippen LogP contribution in [0.15, 0.2) is 0 Å². The molecule has 0 aliphatic carbocycles. The van der Waals surface area contributed by atoms with Gasteiger partial charge in [0.2, 0.25) is 5.11 Å². The molecule has 1 aliphatic heterocycles. The summed E-state index contributed by atoms with van der Waals surface area (Å²) in [6.07, 6.45) is 0. The van der Waals surface area contributed by atoms with Crippen LogP contribution in [0, 0.1) is 0 Å². The minimum Gasteiger partial charge on any atom is -0.374 e. The zero-order chi connectivity index (χ0) is 7.07. The van der Waals surface area contributed by atoms with Gasteiger partial charge in [0.15, 0.2) is 0 Å². The lowest BCUT2D eigenvalue weighted by Gasteiger charge is -2.25. The van der Waals surface area contributed by atoms with Gasteiger partial charge in [-0.25, -0.2) is 0 Å². The van der Waals surface area contributed by atoms with Crippen molar-refractivity contribution in [3.63, 3.8) is 0 Å². The second-order valence-electron chi connectivity index (χ2n) is 1.15. The lowest BCUT2D eigenvalue weighted by atomic mass is 11.2. The molecular weight excluding hydrogens is 184 g/mol. The van der Waals surface area contributed by atoms with Gasteiger partial charge in [-0.05, 0) is 12.2 Å². The predicted molar refractivity (Wildman–Crippen MR) is 36.2 cm³/mol. The summed E-state index contributed by atoms with van der Waals surface area (Å²) < 4.78 is 25.3. The third kappa shape index (κ3) is 1.45. The van der Waals surface area contributed by atoms with Gasteiger partial charge >= 0.3 is 9.15 Å². The molecule has 1 aliphatic rings. The van der Waals surface area contributed by atoms with Crippen molar-refractivity contribution in [1.29, 1.82) is 0 Å². The molecule has 0 radical (unpaired) electrons. The minimum absolute atomic E-state index is 0.102. The molecule has 8 heteroatoms. The van der Waals surface area contributed by atoms with E-state index in [9.17, 15) is 8.42 Å². The van der Waals surface area contributed by atoms with E-state index in [1.165, 1.54) is 0 Å². The van der Waals surface area contributed by atoms with E-state index in [0.29, 0.717) is 11.0 Å². The largest absolute Gasteiger partial charge is 0.374 e. The molecule has 1 heterocycles. The molecule has 0 saturated carbocycles. The van der Waals surface area contributed by atoms with Crippen LogP contribution in [0.1, 0.15) is 0 Å². The standard InChI is InChI=1S/CH2N2O3S3/c2-1(7)3-6-9(4,5)8-3/h(H2,2,7). The van der Waals surface area contributed by atoms with Gasteiger partial charge in [-0.15, -0.1) is 8.75 Å². The highest BCUT2D eigenvalue weighted by Gasteiger charge is 2.36. The predicted octanol–water partition coefficient (Wildman–Crippen LogP) is -0.630. The van der Waals surface area contributed by atoms with Crippen molar-refractivity contribution in [2.45, 2.75) is 0 Å². The van der Waals surface area contributed by atoms with Crippen molar-refractivity contribution in [2.24, 2.45) is 5.73 Å². The molecule has 2 N–H and O–H groups in total. The van der Waals surface area contributed by atoms with Gasteiger partial charge < -0.3 is 5.73 Å². The summed E-state index contributed by atoms with van der Waals surface area (Å²) in [6.45, 7) is 0. The Labute approximate surface area is 60.8 Å². The maximum atomic E-state index is 10.2. The third-order valence-electron chi connectivity index (χ3n) is 0.498. The van der Waals surface area contributed by atoms with Crippen LogP contribution in [0.4, 0.5) is 0 Å². The van der Waals surface area contributed by atoms with E-state index in [-0.39, 0.29) is 5.11 Å². The normalized spacial score (nSPS) is 22.9. The van der Waals surface area contributed by atoms with Gasteiger partial charge in [-0.1, -0.05) is 0 Å². The molecule has 0 atom stereocenters. The lowest BCUT2D eigenvalue weighted by molar-refractivity contribution is 0.127. The Hall–Kier alpha value is -0.0500. The lowest BCUT2D eigenvalue weighted by Crippen LogP contribution is -2.39. The molecule has 0 aromatic carbocycles. The van der Waals surface area contributed by atoms with E-state index in [2.05, 4.69) is 16.5 Å². The molecule has 0 unspecified atom stereocenters. The van der Waals surface area contributed by atoms with E-state index in [0.717, 1.165) is 4.47 Å². The summed E-state index contributed by atoms with van der Waals surface area (Å²) in [7, 11) is -2.94. The van der Waals surface area contributed by atoms with Crippen LogP contribution in [0.2, 0.25) is 0 Å². The van der Waals surface area contributed by atoms with E-state index in [4.69, 9.17) is 5.73 Å². The molecule has 0 spiro atoms. The van der Waals surface area contributed by atoms with E-state index < -0.39 is 9.15 Å². The number of rotatable bonds is 0. The first-order valence-corrected chi connectivity index (χ1v) is 4.85. The fourth-order valence-electron chi connectivity index (χ4n) is 0.245. The second kappa shape index (κ2) is 1.97. The van der Waals surface area contributed by atoms with Crippen LogP contribution < -0.4 is 5.73 Å². The van der Waals surface area contributed by atoms with Crippen molar-refractivity contribution in [3.05, 3.63) is 0 Å². The molecule has 1 fully saturated rings. The van der Waals surface area contributed by atoms with E-state index >= 15 is 0 Å². The Kier molecular flexibility index (Phi) is 1.55. The highest BCUT2D eigenvalue weighted by Crippen LogP contribution is 2.32. The van der Waals surface area contributed by atoms with Crippen molar-refractivity contribution in [1.82, 2.24) is 4.47 Å². The molecule has 52 valence electrons. The average molecular weight is 186 g/mol. The first-order chi connectivity index (χ1) is 4.01. The van der Waals surface area contributed by atoms with Gasteiger partial charge in [-0.2, -0.15) is 8.42 Å². The van der Waals surface area contributed by atoms with Crippen LogP contribution in [-0.4, -0.2) is 18.0 Å². The van der Waals surface area contributed by atoms with Crippen LogP contribution in [-0.2, 0) is 13.4 Å². The first-order valence-electron chi connectivity index (χ1n) is 1.75. The Balaban J connectivity index is 2.55. The zero-order valence-electron chi connectivity index (χ0n) is 3.97. The maximum Gasteiger partial charge on any atom is 0.365 e. The van der Waals surface area contributed by atoms with Gasteiger partial charge in [0.25, 0.3) is 0 Å². The van der Waals surface area contributed by atoms with Crippen LogP contribution in [0.25, 0.3) is 0 Å². The molecule has 0 aromatic heterocycles. The molecule has 0 aromatic rings. The van der Waals surface area contributed by atoms with Crippen molar-refractivity contribution >= 4 is 37.5 Å². The Morgan fingerprint density at radius 3 is 2.33 bits per heavy atom. The molecular formula is CH2N2O3S3. The zero-order valence-corrected chi connectivity index (χ0v) is 6.42. The average Bonchev–Trinajstić information content (AvgIpc) is 1.59. The fourth-order valence-corrected chi connectivity index (χ4v) is 2.17. The number of thiocarbonyl (C=S) groups is 1. The Bertz CT molecular complexity index is 219. The van der Waals surface area contributed by atoms with E-state index in [1.54, 1.807) is 0 Å². The summed E-state index contributed by atoms with van der Waals surface area (Å²) in [6, 6.07) is 0. The van der Waals surface area contributed by atoms with Gasteiger partial charge in [-0.3, -0.25) is 0 Å². The summed E-state index contributed by atoms with van der Waals surface area (Å²) >= 11 is 4.36. The van der Waals surface area contributed by atoms with Crippen molar-refractivity contribution in [3.8, 4) is 0 Å². The van der Waals surface area contributed by atoms with Crippen molar-refractivity contribution < 1.29 is 12.7 Å². The fraction of sp³-hybridized carbons (Fsp3) is 0. The summed E-state index contributed by atoms with van der Waals surface area (Å²) in [5.74, 6) is 0. The number of hydroxylamine groups is 1. The third-order valence-corrected chi connectivity index (χ3v) is 2.93. The SMILES string of the molecule is NC(=S)N1OS(=O)(=O)S1. The number of hydrogen-bond donors (Lipinski definition) is 1. The quantitative estimate of drug-likeness (QED) is 0.307. The Morgan fingerprint density at radius 1 is 1.78 bits per heavy atom. The van der Waals surface area contributed by atoms with Gasteiger partial charge in [0.1, 0.15) is 11.0 Å². The maximum absolute atomic E-state index is 10.2. The van der Waals surface area contributed by atoms with Gasteiger partial charge in [0, 0.05) is 0 Å². The summed E-state index contributed by atoms with van der Waals surface area (Å²) in [5, 5.41) is -0.102. The van der Waals surface area contributed by atoms with Crippen LogP contribution in [0.5, 0.6) is 0 Å². The molecule has 1 rings (SSSR count). The smallest absolute Gasteiger partial charge is 0.365 e. The highest BCUT2D eigenvalue weighted by molar-refractivity contribution is 8.71. The molecule has 0 bridgehead atoms. The highest BCUT2D eigenvalue weighted by atomic mass is 33.2. The number of nitrogens with two attached hydrogens (primary N) is 1. The van der Waals surface area contributed by atoms with Gasteiger partial charge in [0.05, 0.1) is 0 Å². The molecule has 0 amide bonds. The van der Waals surface area contributed by atoms with Crippen LogP contribution in [0.3, 0.4) is 0 Å². The topological polar surface area (TPSA) is 72.6 Å². The number of hydrogen-bond acceptors (Lipinski definition) is 5. The van der Waals surface area contributed by atoms with Crippen molar-refractivity contribution in [2.75, 3.05) is 0 Å². The molecule has 1 saturated heterocycles. The van der Waals surface area contributed by atoms with Crippen LogP contribution >= 0.6 is 23.2 Å². The monoisotopic (exact) mass is 186 g/mol. The first kappa shape index (κ1) is 7.06. The minimum atomic E-state index is -3.40. The molecule has 9 heavy (non-hydrogen) atoms. The Morgan fingerprint density at radius 2 is 2.22 bits per heavy atom. The summed E-state index contributed by atoms with van der Waals surface area (Å²) in [5.41, 5.74) is 4.97. The molecule has 5 nitrogen and oxygen atoms in total.